The molecule has 0 amide bonds. The molecule has 0 N–H and O–H groups in total. The molecule has 0 bridgehead atoms. The minimum absolute atomic E-state index is 0.808. The van der Waals surface area contributed by atoms with Gasteiger partial charge < -0.3 is 4.55 Å². The summed E-state index contributed by atoms with van der Waals surface area (Å²) in [5, 5.41) is 0. The highest BCUT2D eigenvalue weighted by molar-refractivity contribution is 7.80. The third-order valence-electron chi connectivity index (χ3n) is 0.741. The van der Waals surface area contributed by atoms with Gasteiger partial charge in [-0.05, 0) is 6.07 Å². The molecule has 0 aromatic carbocycles. The van der Waals surface area contributed by atoms with E-state index in [1.165, 1.54) is 0 Å². The van der Waals surface area contributed by atoms with Gasteiger partial charge in [-0.2, -0.15) is 0 Å². The second-order valence-electron chi connectivity index (χ2n) is 1.56. The summed E-state index contributed by atoms with van der Waals surface area (Å²) in [5.41, 5.74) is 0. The van der Waals surface area contributed by atoms with Gasteiger partial charge in [0.15, 0.2) is 0 Å². The zero-order valence-electron chi connectivity index (χ0n) is 6.34. The van der Waals surface area contributed by atoms with E-state index in [0.717, 1.165) is 7.11 Å². The Bertz CT molecular complexity index is 253. The van der Waals surface area contributed by atoms with Gasteiger partial charge in [0.2, 0.25) is 10.4 Å². The van der Waals surface area contributed by atoms with E-state index in [1.807, 2.05) is 18.2 Å². The number of rotatable bonds is 1. The summed E-state index contributed by atoms with van der Waals surface area (Å²) in [4.78, 5) is 0. The van der Waals surface area contributed by atoms with Gasteiger partial charge in [0.25, 0.3) is 0 Å². The topological polar surface area (TPSA) is 77.7 Å². The third kappa shape index (κ3) is 9.02. The molecule has 0 saturated heterocycles. The highest BCUT2D eigenvalue weighted by Gasteiger charge is 1.79. The second-order valence-corrected chi connectivity index (χ2v) is 2.71. The van der Waals surface area contributed by atoms with Crippen LogP contribution in [0.1, 0.15) is 0 Å². The van der Waals surface area contributed by atoms with E-state index in [0.29, 0.717) is 0 Å². The van der Waals surface area contributed by atoms with Crippen molar-refractivity contribution in [1.82, 2.24) is 0 Å². The van der Waals surface area contributed by atoms with Crippen LogP contribution in [0.4, 0.5) is 0 Å². The van der Waals surface area contributed by atoms with E-state index in [1.54, 1.807) is 12.5 Å². The Balaban J connectivity index is 0.000000202. The van der Waals surface area contributed by atoms with Crippen molar-refractivity contribution < 1.29 is 21.6 Å². The molecule has 12 heavy (non-hydrogen) atoms. The predicted octanol–water partition coefficient (Wildman–Crippen LogP) is 0.654. The highest BCUT2D eigenvalue weighted by Crippen LogP contribution is 1.79. The summed E-state index contributed by atoms with van der Waals surface area (Å²) in [6.45, 7) is 0. The molecule has 1 heterocycles. The van der Waals surface area contributed by atoms with E-state index in [4.69, 9.17) is 0 Å². The molecule has 0 saturated carbocycles. The smallest absolute Gasteiger partial charge is 0.317 e. The lowest BCUT2D eigenvalue weighted by atomic mass is 10.6. The van der Waals surface area contributed by atoms with Crippen LogP contribution in [-0.4, -0.2) is 20.1 Å². The van der Waals surface area contributed by atoms with Crippen LogP contribution < -0.4 is 0 Å². The predicted molar refractivity (Wildman–Crippen MR) is 39.8 cm³/mol. The normalized spacial score (nSPS) is 9.83. The molecule has 0 atom stereocenters. The Morgan fingerprint density at radius 3 is 1.75 bits per heavy atom. The molecule has 68 valence electrons. The molecular formula is C6H8O5S. The fraction of sp³-hybridized carbons (Fsp3) is 0.167. The van der Waals surface area contributed by atoms with Crippen molar-refractivity contribution in [3.63, 3.8) is 0 Å². The van der Waals surface area contributed by atoms with Crippen LogP contribution in [0.3, 0.4) is 0 Å². The molecule has 0 unspecified atom stereocenters. The maximum atomic E-state index is 9.22. The Hall–Kier alpha value is -0.980. The summed E-state index contributed by atoms with van der Waals surface area (Å²) in [6.07, 6.45) is 3.25. The van der Waals surface area contributed by atoms with Crippen molar-refractivity contribution >= 4 is 10.4 Å². The molecule has 0 fully saturated rings. The molecule has 5 nitrogen and oxygen atoms in total. The van der Waals surface area contributed by atoms with Gasteiger partial charge in [0.05, 0.1) is 7.11 Å². The molecule has 1 aromatic rings. The van der Waals surface area contributed by atoms with Crippen molar-refractivity contribution in [2.24, 2.45) is 0 Å². The highest BCUT2D eigenvalue weighted by atomic mass is 32.3. The van der Waals surface area contributed by atoms with Crippen molar-refractivity contribution in [2.45, 2.75) is 0 Å². The zero-order valence-corrected chi connectivity index (χ0v) is 7.15. The minimum Gasteiger partial charge on any atom is -0.726 e. The maximum Gasteiger partial charge on any atom is 0.317 e. The van der Waals surface area contributed by atoms with Crippen LogP contribution >= 0.6 is 0 Å². The average Bonchev–Trinajstić information content (AvgIpc) is 2.07. The first-order valence-electron chi connectivity index (χ1n) is 2.88. The second kappa shape index (κ2) is 5.64. The van der Waals surface area contributed by atoms with Crippen LogP contribution in [0.25, 0.3) is 0 Å². The standard InChI is InChI=1S/C5H5O.CH4O4S/c1-2-4-6-5-3-1;1-5-6(2,3)4/h1-5H;1H3,(H,2,3,4)/q+1;/p-1. The van der Waals surface area contributed by atoms with Crippen LogP contribution in [0.15, 0.2) is 35.1 Å². The van der Waals surface area contributed by atoms with Crippen LogP contribution in [0.2, 0.25) is 0 Å². The molecule has 1 rings (SSSR count). The van der Waals surface area contributed by atoms with Crippen molar-refractivity contribution in [3.8, 4) is 0 Å². The first-order valence-corrected chi connectivity index (χ1v) is 4.21. The van der Waals surface area contributed by atoms with Gasteiger partial charge in [0, 0.05) is 12.1 Å². The minimum atomic E-state index is -4.41. The summed E-state index contributed by atoms with van der Waals surface area (Å²) in [5.74, 6) is 0. The lowest BCUT2D eigenvalue weighted by Gasteiger charge is -1.98. The molecule has 0 spiro atoms. The summed E-state index contributed by atoms with van der Waals surface area (Å²) >= 11 is 0. The van der Waals surface area contributed by atoms with Crippen LogP contribution in [0.5, 0.6) is 0 Å². The molecule has 6 heteroatoms. The lowest BCUT2D eigenvalue weighted by molar-refractivity contribution is 0.314. The maximum absolute atomic E-state index is 9.22. The van der Waals surface area contributed by atoms with Crippen LogP contribution in [0, 0.1) is 0 Å². The molecule has 0 aliphatic rings. The summed E-state index contributed by atoms with van der Waals surface area (Å²) in [6, 6.07) is 5.57. The van der Waals surface area contributed by atoms with Gasteiger partial charge in [-0.25, -0.2) is 12.8 Å². The quantitative estimate of drug-likeness (QED) is 0.371. The number of hydrogen-bond donors (Lipinski definition) is 0. The number of hydrogen-bond acceptors (Lipinski definition) is 4. The van der Waals surface area contributed by atoms with Crippen LogP contribution in [-0.2, 0) is 14.6 Å². The first-order chi connectivity index (χ1) is 5.56. The Labute approximate surface area is 70.6 Å². The molecular weight excluding hydrogens is 184 g/mol. The fourth-order valence-corrected chi connectivity index (χ4v) is 0.291. The Morgan fingerprint density at radius 1 is 1.25 bits per heavy atom. The molecule has 0 aliphatic carbocycles. The van der Waals surface area contributed by atoms with Gasteiger partial charge in [0.1, 0.15) is 0 Å². The fourth-order valence-electron chi connectivity index (χ4n) is 0.291. The third-order valence-corrected chi connectivity index (χ3v) is 1.15. The summed E-state index contributed by atoms with van der Waals surface area (Å²) in [7, 11) is -3.60. The van der Waals surface area contributed by atoms with Gasteiger partial charge in [-0.3, -0.25) is 4.18 Å². The van der Waals surface area contributed by atoms with Crippen molar-refractivity contribution in [2.75, 3.05) is 7.11 Å². The van der Waals surface area contributed by atoms with E-state index >= 15 is 0 Å². The van der Waals surface area contributed by atoms with E-state index in [-0.39, 0.29) is 0 Å². The Kier molecular flexibility index (Phi) is 5.18. The monoisotopic (exact) mass is 192 g/mol. The van der Waals surface area contributed by atoms with E-state index in [2.05, 4.69) is 8.60 Å². The lowest BCUT2D eigenvalue weighted by Crippen LogP contribution is -1.97. The summed E-state index contributed by atoms with van der Waals surface area (Å²) < 4.78 is 35.7. The van der Waals surface area contributed by atoms with E-state index in [9.17, 15) is 13.0 Å². The van der Waals surface area contributed by atoms with Gasteiger partial charge in [-0.1, -0.05) is 0 Å². The Morgan fingerprint density at radius 2 is 1.67 bits per heavy atom. The largest absolute Gasteiger partial charge is 0.726 e. The molecule has 1 aromatic heterocycles. The van der Waals surface area contributed by atoms with Gasteiger partial charge >= 0.3 is 12.5 Å². The first kappa shape index (κ1) is 11.0. The van der Waals surface area contributed by atoms with Crippen molar-refractivity contribution in [1.29, 1.82) is 0 Å². The molecule has 0 radical (unpaired) electrons. The molecule has 0 aliphatic heterocycles. The van der Waals surface area contributed by atoms with Crippen molar-refractivity contribution in [3.05, 3.63) is 30.7 Å². The average molecular weight is 192 g/mol. The van der Waals surface area contributed by atoms with Gasteiger partial charge in [-0.15, -0.1) is 0 Å². The van der Waals surface area contributed by atoms with E-state index < -0.39 is 10.4 Å². The SMILES string of the molecule is COS(=O)(=O)[O-].c1cc[o+]cc1. The zero-order chi connectivity index (χ0) is 9.45.